The number of halogens is 3. The van der Waals surface area contributed by atoms with Crippen LogP contribution >= 0.6 is 34.8 Å². The molecule has 196 valence electrons. The maximum atomic E-state index is 12.5. The summed E-state index contributed by atoms with van der Waals surface area (Å²) in [7, 11) is 0. The highest BCUT2D eigenvalue weighted by Crippen LogP contribution is 2.22. The highest BCUT2D eigenvalue weighted by molar-refractivity contribution is 6.30. The molecule has 38 heavy (non-hydrogen) atoms. The molecule has 3 aromatic carbocycles. The van der Waals surface area contributed by atoms with Gasteiger partial charge in [0.15, 0.2) is 0 Å². The van der Waals surface area contributed by atoms with E-state index in [-0.39, 0.29) is 0 Å². The second kappa shape index (κ2) is 13.9. The lowest BCUT2D eigenvalue weighted by atomic mass is 10.1. The van der Waals surface area contributed by atoms with Crippen molar-refractivity contribution in [3.05, 3.63) is 101 Å². The monoisotopic (exact) mass is 569 g/mol. The third-order valence-electron chi connectivity index (χ3n) is 5.64. The number of carbonyl (C=O) groups excluding carboxylic acids is 1. The first kappa shape index (κ1) is 27.5. The molecule has 10 heteroatoms. The van der Waals surface area contributed by atoms with E-state index in [0.29, 0.717) is 47.9 Å². The number of ether oxygens (including phenoxy) is 1. The van der Waals surface area contributed by atoms with Gasteiger partial charge >= 0.3 is 0 Å². The summed E-state index contributed by atoms with van der Waals surface area (Å²) in [6.45, 7) is 1.87. The van der Waals surface area contributed by atoms with Gasteiger partial charge in [-0.2, -0.15) is 10.2 Å². The lowest BCUT2D eigenvalue weighted by molar-refractivity contribution is 0.0950. The van der Waals surface area contributed by atoms with Crippen molar-refractivity contribution in [3.8, 4) is 17.0 Å². The molecule has 0 fully saturated rings. The van der Waals surface area contributed by atoms with E-state index in [0.717, 1.165) is 28.1 Å². The zero-order valence-electron chi connectivity index (χ0n) is 20.4. The van der Waals surface area contributed by atoms with Crippen LogP contribution in [-0.2, 0) is 6.61 Å². The molecule has 4 aromatic rings. The summed E-state index contributed by atoms with van der Waals surface area (Å²) in [5.41, 5.74) is 7.20. The van der Waals surface area contributed by atoms with Crippen LogP contribution in [0.1, 0.15) is 21.6 Å². The fourth-order valence-electron chi connectivity index (χ4n) is 3.63. The van der Waals surface area contributed by atoms with Crippen LogP contribution in [0.15, 0.2) is 84.0 Å². The van der Waals surface area contributed by atoms with Gasteiger partial charge in [-0.25, -0.2) is 5.43 Å². The van der Waals surface area contributed by atoms with Crippen LogP contribution < -0.4 is 15.1 Å². The number of aromatic amines is 1. The van der Waals surface area contributed by atoms with Crippen LogP contribution in [0.25, 0.3) is 11.3 Å². The fourth-order valence-corrected chi connectivity index (χ4v) is 4.16. The van der Waals surface area contributed by atoms with Gasteiger partial charge in [-0.3, -0.25) is 9.89 Å². The number of benzene rings is 3. The first-order chi connectivity index (χ1) is 18.6. The highest BCUT2D eigenvalue weighted by atomic mass is 35.5. The van der Waals surface area contributed by atoms with E-state index in [2.05, 4.69) is 25.6 Å². The quantitative estimate of drug-likeness (QED) is 0.118. The number of rotatable bonds is 12. The number of amides is 1. The first-order valence-electron chi connectivity index (χ1n) is 11.9. The van der Waals surface area contributed by atoms with E-state index < -0.39 is 5.91 Å². The number of nitrogens with zero attached hydrogens (tertiary/aromatic N) is 3. The average molecular weight is 571 g/mol. The zero-order chi connectivity index (χ0) is 26.7. The minimum Gasteiger partial charge on any atom is -0.489 e. The predicted molar refractivity (Wildman–Crippen MR) is 155 cm³/mol. The number of H-pyrrole nitrogens is 1. The molecule has 0 bridgehead atoms. The number of nitrogens with one attached hydrogen (secondary N) is 2. The van der Waals surface area contributed by atoms with Gasteiger partial charge in [-0.15, -0.1) is 23.2 Å². The van der Waals surface area contributed by atoms with Crippen molar-refractivity contribution in [1.29, 1.82) is 0 Å². The molecule has 0 unspecified atom stereocenters. The SMILES string of the molecule is O=C(NN=Cc1ccc(N(CCCl)CCCl)cc1)c1cc(-c2ccc(OCc3ccc(Cl)cc3)cc2)n[nH]1. The van der Waals surface area contributed by atoms with Crippen LogP contribution in [0.4, 0.5) is 5.69 Å². The van der Waals surface area contributed by atoms with Gasteiger partial charge in [0.05, 0.1) is 11.9 Å². The smallest absolute Gasteiger partial charge is 0.289 e. The Bertz CT molecular complexity index is 1330. The van der Waals surface area contributed by atoms with Crippen molar-refractivity contribution in [1.82, 2.24) is 15.6 Å². The zero-order valence-corrected chi connectivity index (χ0v) is 22.7. The van der Waals surface area contributed by atoms with Crippen LogP contribution in [0.5, 0.6) is 5.75 Å². The molecular weight excluding hydrogens is 545 g/mol. The van der Waals surface area contributed by atoms with Gasteiger partial charge < -0.3 is 9.64 Å². The van der Waals surface area contributed by atoms with Crippen LogP contribution in [-0.4, -0.2) is 47.2 Å². The molecule has 0 aliphatic rings. The minimum atomic E-state index is -0.394. The Kier molecular flexibility index (Phi) is 10.0. The standard InChI is InChI=1S/C28H26Cl3N5O2/c29-13-15-36(16-14-30)24-9-3-20(4-10-24)18-32-35-28(37)27-17-26(33-34-27)22-5-11-25(12-6-22)38-19-21-1-7-23(31)8-2-21/h1-12,17-18H,13-16,19H2,(H,33,34)(H,35,37). The van der Waals surface area contributed by atoms with Crippen molar-refractivity contribution >= 4 is 52.6 Å². The number of hydrogen-bond acceptors (Lipinski definition) is 5. The lowest BCUT2D eigenvalue weighted by Crippen LogP contribution is -2.27. The highest BCUT2D eigenvalue weighted by Gasteiger charge is 2.11. The molecule has 0 atom stereocenters. The average Bonchev–Trinajstić information content (AvgIpc) is 3.44. The Morgan fingerprint density at radius 3 is 2.32 bits per heavy atom. The number of carbonyl (C=O) groups is 1. The van der Waals surface area contributed by atoms with Crippen molar-refractivity contribution in [2.75, 3.05) is 29.7 Å². The van der Waals surface area contributed by atoms with Gasteiger partial charge in [0, 0.05) is 41.1 Å². The fraction of sp³-hybridized carbons (Fsp3) is 0.179. The Labute approximate surface area is 236 Å². The number of aromatic nitrogens is 2. The Morgan fingerprint density at radius 1 is 0.974 bits per heavy atom. The largest absolute Gasteiger partial charge is 0.489 e. The molecule has 0 saturated carbocycles. The van der Waals surface area contributed by atoms with Crippen LogP contribution in [0.3, 0.4) is 0 Å². The number of alkyl halides is 2. The molecule has 0 radical (unpaired) electrons. The second-order valence-corrected chi connectivity index (χ2v) is 9.45. The third kappa shape index (κ3) is 7.74. The van der Waals surface area contributed by atoms with Gasteiger partial charge in [0.25, 0.3) is 5.91 Å². The van der Waals surface area contributed by atoms with E-state index in [1.54, 1.807) is 12.3 Å². The number of hydrogen-bond donors (Lipinski definition) is 2. The minimum absolute atomic E-state index is 0.299. The summed E-state index contributed by atoms with van der Waals surface area (Å²) in [6, 6.07) is 24.5. The maximum Gasteiger partial charge on any atom is 0.289 e. The summed E-state index contributed by atoms with van der Waals surface area (Å²) >= 11 is 17.7. The molecule has 1 aromatic heterocycles. The van der Waals surface area contributed by atoms with E-state index in [9.17, 15) is 4.79 Å². The van der Waals surface area contributed by atoms with Crippen molar-refractivity contribution < 1.29 is 9.53 Å². The van der Waals surface area contributed by atoms with Crippen LogP contribution in [0.2, 0.25) is 5.02 Å². The molecule has 0 aliphatic carbocycles. The van der Waals surface area contributed by atoms with Crippen molar-refractivity contribution in [3.63, 3.8) is 0 Å². The molecule has 7 nitrogen and oxygen atoms in total. The normalized spacial score (nSPS) is 11.0. The van der Waals surface area contributed by atoms with Gasteiger partial charge in [0.2, 0.25) is 0 Å². The molecule has 4 rings (SSSR count). The number of hydrazone groups is 1. The number of anilines is 1. The topological polar surface area (TPSA) is 82.6 Å². The predicted octanol–water partition coefficient (Wildman–Crippen LogP) is 6.36. The Hall–Kier alpha value is -3.52. The molecule has 1 amide bonds. The van der Waals surface area contributed by atoms with Crippen LogP contribution in [0, 0.1) is 0 Å². The van der Waals surface area contributed by atoms with E-state index in [1.165, 1.54) is 0 Å². The molecular formula is C28H26Cl3N5O2. The summed E-state index contributed by atoms with van der Waals surface area (Å²) in [4.78, 5) is 14.6. The Balaban J connectivity index is 1.29. The molecule has 0 saturated heterocycles. The van der Waals surface area contributed by atoms with Gasteiger partial charge in [0.1, 0.15) is 18.1 Å². The van der Waals surface area contributed by atoms with Crippen molar-refractivity contribution in [2.24, 2.45) is 5.10 Å². The second-order valence-electron chi connectivity index (χ2n) is 8.26. The molecule has 0 aliphatic heterocycles. The summed E-state index contributed by atoms with van der Waals surface area (Å²) in [5, 5.41) is 11.8. The summed E-state index contributed by atoms with van der Waals surface area (Å²) < 4.78 is 5.82. The van der Waals surface area contributed by atoms with Gasteiger partial charge in [-0.1, -0.05) is 35.9 Å². The molecule has 0 spiro atoms. The first-order valence-corrected chi connectivity index (χ1v) is 13.3. The summed E-state index contributed by atoms with van der Waals surface area (Å²) in [5.74, 6) is 1.37. The van der Waals surface area contributed by atoms with E-state index in [4.69, 9.17) is 39.5 Å². The molecule has 1 heterocycles. The van der Waals surface area contributed by atoms with Crippen molar-refractivity contribution in [2.45, 2.75) is 6.61 Å². The van der Waals surface area contributed by atoms with E-state index in [1.807, 2.05) is 72.8 Å². The Morgan fingerprint density at radius 2 is 1.66 bits per heavy atom. The molecule has 2 N–H and O–H groups in total. The van der Waals surface area contributed by atoms with Gasteiger partial charge in [-0.05, 0) is 65.7 Å². The third-order valence-corrected chi connectivity index (χ3v) is 6.23. The summed E-state index contributed by atoms with van der Waals surface area (Å²) in [6.07, 6.45) is 1.58. The lowest BCUT2D eigenvalue weighted by Gasteiger charge is -2.22. The maximum absolute atomic E-state index is 12.5. The van der Waals surface area contributed by atoms with E-state index >= 15 is 0 Å².